The lowest BCUT2D eigenvalue weighted by atomic mass is 10.1. The third-order valence-electron chi connectivity index (χ3n) is 4.68. The molecule has 132 valence electrons. The Labute approximate surface area is 149 Å². The van der Waals surface area contributed by atoms with Crippen LogP contribution in [0.1, 0.15) is 38.1 Å². The zero-order chi connectivity index (χ0) is 18.3. The summed E-state index contributed by atoms with van der Waals surface area (Å²) in [5.41, 5.74) is 13.7. The van der Waals surface area contributed by atoms with Gasteiger partial charge in [0.25, 0.3) is 0 Å². The lowest BCUT2D eigenvalue weighted by Gasteiger charge is -2.17. The normalized spacial score (nSPS) is 11.5. The SMILES string of the molecule is CCc1c(C)c2nc(-c3cccnc3N(C)C)cc(N)c2n1C(C)C. The summed E-state index contributed by atoms with van der Waals surface area (Å²) in [6.45, 7) is 8.71. The van der Waals surface area contributed by atoms with Crippen molar-refractivity contribution in [3.63, 3.8) is 0 Å². The molecule has 0 spiro atoms. The van der Waals surface area contributed by atoms with Crippen LogP contribution in [0.3, 0.4) is 0 Å². The van der Waals surface area contributed by atoms with Crippen LogP contribution in [-0.4, -0.2) is 28.6 Å². The van der Waals surface area contributed by atoms with Crippen LogP contribution in [0.25, 0.3) is 22.3 Å². The van der Waals surface area contributed by atoms with Gasteiger partial charge in [0, 0.05) is 37.6 Å². The first-order chi connectivity index (χ1) is 11.9. The van der Waals surface area contributed by atoms with Crippen molar-refractivity contribution in [3.8, 4) is 11.3 Å². The highest BCUT2D eigenvalue weighted by atomic mass is 15.1. The number of hydrogen-bond donors (Lipinski definition) is 1. The van der Waals surface area contributed by atoms with Crippen molar-refractivity contribution in [2.45, 2.75) is 40.2 Å². The number of nitrogens with two attached hydrogens (primary N) is 1. The zero-order valence-electron chi connectivity index (χ0n) is 16.0. The van der Waals surface area contributed by atoms with E-state index in [2.05, 4.69) is 37.2 Å². The van der Waals surface area contributed by atoms with Gasteiger partial charge in [-0.3, -0.25) is 0 Å². The molecule has 0 bridgehead atoms. The predicted octanol–water partition coefficient (Wildman–Crippen LogP) is 4.20. The van der Waals surface area contributed by atoms with Crippen LogP contribution < -0.4 is 10.6 Å². The van der Waals surface area contributed by atoms with E-state index in [9.17, 15) is 0 Å². The minimum absolute atomic E-state index is 0.344. The molecule has 3 aromatic rings. The first-order valence-electron chi connectivity index (χ1n) is 8.79. The molecule has 3 rings (SSSR count). The van der Waals surface area contributed by atoms with Crippen LogP contribution in [0.2, 0.25) is 0 Å². The van der Waals surface area contributed by atoms with E-state index < -0.39 is 0 Å². The third kappa shape index (κ3) is 2.73. The molecule has 3 aromatic heterocycles. The van der Waals surface area contributed by atoms with Gasteiger partial charge in [-0.05, 0) is 51.0 Å². The fourth-order valence-electron chi connectivity index (χ4n) is 3.62. The summed E-state index contributed by atoms with van der Waals surface area (Å²) in [6, 6.07) is 6.31. The summed E-state index contributed by atoms with van der Waals surface area (Å²) in [5.74, 6) is 0.894. The van der Waals surface area contributed by atoms with Crippen LogP contribution in [0.15, 0.2) is 24.4 Å². The highest BCUT2D eigenvalue weighted by Crippen LogP contribution is 2.36. The molecular formula is C20H27N5. The minimum Gasteiger partial charge on any atom is -0.397 e. The van der Waals surface area contributed by atoms with Gasteiger partial charge >= 0.3 is 0 Å². The Balaban J connectivity index is 2.34. The maximum Gasteiger partial charge on any atom is 0.137 e. The van der Waals surface area contributed by atoms with Crippen molar-refractivity contribution in [3.05, 3.63) is 35.7 Å². The van der Waals surface area contributed by atoms with E-state index in [-0.39, 0.29) is 0 Å². The average molecular weight is 337 g/mol. The highest BCUT2D eigenvalue weighted by Gasteiger charge is 2.20. The number of aromatic nitrogens is 3. The molecule has 0 saturated heterocycles. The first kappa shape index (κ1) is 17.3. The molecule has 3 heterocycles. The van der Waals surface area contributed by atoms with E-state index >= 15 is 0 Å². The number of fused-ring (bicyclic) bond motifs is 1. The van der Waals surface area contributed by atoms with Crippen LogP contribution >= 0.6 is 0 Å². The van der Waals surface area contributed by atoms with Gasteiger partial charge in [0.15, 0.2) is 0 Å². The van der Waals surface area contributed by atoms with Gasteiger partial charge in [-0.25, -0.2) is 9.97 Å². The number of pyridine rings is 2. The summed E-state index contributed by atoms with van der Waals surface area (Å²) in [7, 11) is 3.98. The van der Waals surface area contributed by atoms with Crippen LogP contribution in [0, 0.1) is 6.92 Å². The van der Waals surface area contributed by atoms with Crippen LogP contribution in [-0.2, 0) is 6.42 Å². The van der Waals surface area contributed by atoms with Crippen molar-refractivity contribution < 1.29 is 0 Å². The van der Waals surface area contributed by atoms with E-state index in [1.807, 2.05) is 37.2 Å². The van der Waals surface area contributed by atoms with Gasteiger partial charge in [-0.15, -0.1) is 0 Å². The Hall–Kier alpha value is -2.56. The standard InChI is InChI=1S/C20H27N5/c1-7-17-13(4)18-19(25(17)12(2)3)15(21)11-16(23-18)14-9-8-10-22-20(14)24(5)6/h8-12H,7H2,1-6H3,(H2,21,23). The second-order valence-corrected chi connectivity index (χ2v) is 6.95. The summed E-state index contributed by atoms with van der Waals surface area (Å²) in [5, 5.41) is 0. The molecular weight excluding hydrogens is 310 g/mol. The highest BCUT2D eigenvalue weighted by molar-refractivity contribution is 5.94. The second-order valence-electron chi connectivity index (χ2n) is 6.95. The molecule has 0 aromatic carbocycles. The molecule has 0 radical (unpaired) electrons. The number of nitrogen functional groups attached to an aromatic ring is 1. The molecule has 2 N–H and O–H groups in total. The Bertz CT molecular complexity index is 921. The third-order valence-corrected chi connectivity index (χ3v) is 4.68. The number of anilines is 2. The summed E-state index contributed by atoms with van der Waals surface area (Å²) in [4.78, 5) is 11.5. The van der Waals surface area contributed by atoms with Crippen molar-refractivity contribution in [2.75, 3.05) is 24.7 Å². The minimum atomic E-state index is 0.344. The van der Waals surface area contributed by atoms with E-state index in [1.54, 1.807) is 6.20 Å². The number of aryl methyl sites for hydroxylation is 1. The molecule has 0 atom stereocenters. The van der Waals surface area contributed by atoms with Gasteiger partial charge in [0.2, 0.25) is 0 Å². The maximum absolute atomic E-state index is 6.50. The van der Waals surface area contributed by atoms with E-state index in [0.717, 1.165) is 40.2 Å². The smallest absolute Gasteiger partial charge is 0.137 e. The number of nitrogens with zero attached hydrogens (tertiary/aromatic N) is 4. The van der Waals surface area contributed by atoms with Gasteiger partial charge in [0.1, 0.15) is 5.82 Å². The van der Waals surface area contributed by atoms with Gasteiger partial charge < -0.3 is 15.2 Å². The van der Waals surface area contributed by atoms with Crippen molar-refractivity contribution >= 4 is 22.5 Å². The molecule has 0 unspecified atom stereocenters. The quantitative estimate of drug-likeness (QED) is 0.775. The van der Waals surface area contributed by atoms with Gasteiger partial charge in [-0.1, -0.05) is 6.92 Å². The summed E-state index contributed by atoms with van der Waals surface area (Å²) in [6.07, 6.45) is 2.77. The Kier molecular flexibility index (Phi) is 4.41. The van der Waals surface area contributed by atoms with Crippen molar-refractivity contribution in [2.24, 2.45) is 0 Å². The molecule has 0 aliphatic heterocycles. The fourth-order valence-corrected chi connectivity index (χ4v) is 3.62. The molecule has 0 aliphatic rings. The van der Waals surface area contributed by atoms with Crippen molar-refractivity contribution in [1.82, 2.24) is 14.5 Å². The summed E-state index contributed by atoms with van der Waals surface area (Å²) >= 11 is 0. The second kappa shape index (κ2) is 6.39. The Morgan fingerprint density at radius 2 is 2.00 bits per heavy atom. The number of rotatable bonds is 4. The predicted molar refractivity (Wildman–Crippen MR) is 106 cm³/mol. The van der Waals surface area contributed by atoms with E-state index in [4.69, 9.17) is 10.7 Å². The molecule has 0 amide bonds. The molecule has 5 heteroatoms. The summed E-state index contributed by atoms with van der Waals surface area (Å²) < 4.78 is 2.33. The van der Waals surface area contributed by atoms with Crippen molar-refractivity contribution in [1.29, 1.82) is 0 Å². The molecule has 0 aliphatic carbocycles. The van der Waals surface area contributed by atoms with E-state index in [1.165, 1.54) is 11.3 Å². The van der Waals surface area contributed by atoms with Gasteiger partial charge in [0.05, 0.1) is 22.4 Å². The molecule has 0 fully saturated rings. The first-order valence-corrected chi connectivity index (χ1v) is 8.79. The van der Waals surface area contributed by atoms with E-state index in [0.29, 0.717) is 6.04 Å². The topological polar surface area (TPSA) is 60.0 Å². The molecule has 25 heavy (non-hydrogen) atoms. The Morgan fingerprint density at radius 1 is 1.28 bits per heavy atom. The number of hydrogen-bond acceptors (Lipinski definition) is 4. The monoisotopic (exact) mass is 337 g/mol. The van der Waals surface area contributed by atoms with Gasteiger partial charge in [-0.2, -0.15) is 0 Å². The zero-order valence-corrected chi connectivity index (χ0v) is 16.0. The van der Waals surface area contributed by atoms with Crippen LogP contribution in [0.4, 0.5) is 11.5 Å². The lowest BCUT2D eigenvalue weighted by Crippen LogP contribution is -2.12. The van der Waals surface area contributed by atoms with Crippen LogP contribution in [0.5, 0.6) is 0 Å². The lowest BCUT2D eigenvalue weighted by molar-refractivity contribution is 0.596. The largest absolute Gasteiger partial charge is 0.397 e. The maximum atomic E-state index is 6.50. The Morgan fingerprint density at radius 3 is 2.60 bits per heavy atom. The average Bonchev–Trinajstić information content (AvgIpc) is 2.87. The molecule has 5 nitrogen and oxygen atoms in total. The fraction of sp³-hybridized carbons (Fsp3) is 0.400. The molecule has 0 saturated carbocycles.